The number of aromatic nitrogens is 1. The van der Waals surface area contributed by atoms with Crippen LogP contribution in [0.3, 0.4) is 0 Å². The van der Waals surface area contributed by atoms with Gasteiger partial charge >= 0.3 is 0 Å². The topological polar surface area (TPSA) is 62.7 Å². The van der Waals surface area contributed by atoms with Crippen LogP contribution in [-0.4, -0.2) is 4.98 Å². The number of nitrogens with two attached hydrogens (primary N) is 1. The highest BCUT2D eigenvalue weighted by atomic mass is 32.1. The van der Waals surface area contributed by atoms with Crippen LogP contribution in [0, 0.1) is 18.3 Å². The van der Waals surface area contributed by atoms with Gasteiger partial charge in [-0.1, -0.05) is 0 Å². The highest BCUT2D eigenvalue weighted by molar-refractivity contribution is 7.09. The molecule has 11 heavy (non-hydrogen) atoms. The van der Waals surface area contributed by atoms with Crippen LogP contribution in [0.15, 0.2) is 5.38 Å². The minimum Gasteiger partial charge on any atom is -0.322 e. The molecule has 4 heteroatoms. The van der Waals surface area contributed by atoms with Gasteiger partial charge in [0.1, 0.15) is 0 Å². The second-order valence-corrected chi connectivity index (χ2v) is 3.32. The first-order valence-corrected chi connectivity index (χ1v) is 4.16. The van der Waals surface area contributed by atoms with Gasteiger partial charge in [0.25, 0.3) is 0 Å². The van der Waals surface area contributed by atoms with Crippen molar-refractivity contribution in [1.82, 2.24) is 4.98 Å². The molecule has 3 nitrogen and oxygen atoms in total. The number of aryl methyl sites for hydroxylation is 1. The molecule has 0 aliphatic carbocycles. The Morgan fingerprint density at radius 1 is 1.91 bits per heavy atom. The SMILES string of the molecule is Cc1nc([C@@H](N)CC#N)cs1. The van der Waals surface area contributed by atoms with Crippen molar-refractivity contribution in [3.63, 3.8) is 0 Å². The second-order valence-electron chi connectivity index (χ2n) is 2.26. The Bertz CT molecular complexity index is 273. The number of hydrogen-bond acceptors (Lipinski definition) is 4. The Balaban J connectivity index is 2.70. The van der Waals surface area contributed by atoms with Gasteiger partial charge in [-0.15, -0.1) is 11.3 Å². The number of rotatable bonds is 2. The van der Waals surface area contributed by atoms with Gasteiger partial charge in [-0.2, -0.15) is 5.26 Å². The molecule has 0 saturated carbocycles. The van der Waals surface area contributed by atoms with Crippen molar-refractivity contribution in [3.05, 3.63) is 16.1 Å². The minimum atomic E-state index is -0.218. The molecule has 1 aromatic rings. The van der Waals surface area contributed by atoms with E-state index in [0.29, 0.717) is 6.42 Å². The second kappa shape index (κ2) is 3.46. The summed E-state index contributed by atoms with van der Waals surface area (Å²) in [5.41, 5.74) is 6.47. The van der Waals surface area contributed by atoms with E-state index in [1.54, 1.807) is 11.3 Å². The molecule has 0 spiro atoms. The van der Waals surface area contributed by atoms with Gasteiger partial charge in [0.15, 0.2) is 0 Å². The van der Waals surface area contributed by atoms with Crippen molar-refractivity contribution >= 4 is 11.3 Å². The maximum atomic E-state index is 8.35. The highest BCUT2D eigenvalue weighted by Gasteiger charge is 2.07. The maximum Gasteiger partial charge on any atom is 0.0898 e. The molecule has 1 aromatic heterocycles. The summed E-state index contributed by atoms with van der Waals surface area (Å²) in [5.74, 6) is 0. The van der Waals surface area contributed by atoms with Crippen LogP contribution in [0.2, 0.25) is 0 Å². The van der Waals surface area contributed by atoms with Crippen molar-refractivity contribution in [1.29, 1.82) is 5.26 Å². The number of nitrogens with zero attached hydrogens (tertiary/aromatic N) is 2. The van der Waals surface area contributed by atoms with Crippen LogP contribution in [-0.2, 0) is 0 Å². The maximum absolute atomic E-state index is 8.35. The molecule has 0 aliphatic rings. The summed E-state index contributed by atoms with van der Waals surface area (Å²) in [6.07, 6.45) is 0.336. The fourth-order valence-corrected chi connectivity index (χ4v) is 1.43. The van der Waals surface area contributed by atoms with Crippen molar-refractivity contribution in [2.75, 3.05) is 0 Å². The first-order chi connectivity index (χ1) is 5.24. The van der Waals surface area contributed by atoms with Gasteiger partial charge in [-0.05, 0) is 6.92 Å². The standard InChI is InChI=1S/C7H9N3S/c1-5-10-7(4-11-5)6(9)2-3-8/h4,6H,2,9H2,1H3/t6-/m0/s1. The lowest BCUT2D eigenvalue weighted by molar-refractivity contribution is 0.724. The summed E-state index contributed by atoms with van der Waals surface area (Å²) in [5, 5.41) is 11.2. The summed E-state index contributed by atoms with van der Waals surface area (Å²) in [6, 6.07) is 1.80. The molecule has 1 heterocycles. The van der Waals surface area contributed by atoms with E-state index >= 15 is 0 Å². The zero-order chi connectivity index (χ0) is 8.27. The van der Waals surface area contributed by atoms with Crippen LogP contribution in [0.5, 0.6) is 0 Å². The lowest BCUT2D eigenvalue weighted by Gasteiger charge is -2.00. The molecule has 1 atom stereocenters. The molecular weight excluding hydrogens is 158 g/mol. The fourth-order valence-electron chi connectivity index (χ4n) is 0.753. The third kappa shape index (κ3) is 2.00. The molecule has 0 aliphatic heterocycles. The first-order valence-electron chi connectivity index (χ1n) is 3.28. The van der Waals surface area contributed by atoms with Crippen molar-refractivity contribution in [2.24, 2.45) is 5.73 Å². The lowest BCUT2D eigenvalue weighted by Crippen LogP contribution is -2.09. The summed E-state index contributed by atoms with van der Waals surface area (Å²) < 4.78 is 0. The number of thiazole rings is 1. The van der Waals surface area contributed by atoms with Gasteiger partial charge < -0.3 is 5.73 Å². The van der Waals surface area contributed by atoms with Crippen molar-refractivity contribution < 1.29 is 0 Å². The molecule has 0 amide bonds. The largest absolute Gasteiger partial charge is 0.322 e. The van der Waals surface area contributed by atoms with E-state index in [4.69, 9.17) is 11.0 Å². The number of nitriles is 1. The average Bonchev–Trinajstić information content (AvgIpc) is 2.36. The summed E-state index contributed by atoms with van der Waals surface area (Å²) in [6.45, 7) is 1.92. The van der Waals surface area contributed by atoms with E-state index in [-0.39, 0.29) is 6.04 Å². The Morgan fingerprint density at radius 3 is 3.09 bits per heavy atom. The van der Waals surface area contributed by atoms with E-state index in [1.165, 1.54) is 0 Å². The summed E-state index contributed by atoms with van der Waals surface area (Å²) in [4.78, 5) is 4.17. The van der Waals surface area contributed by atoms with Crippen molar-refractivity contribution in [2.45, 2.75) is 19.4 Å². The quantitative estimate of drug-likeness (QED) is 0.723. The third-order valence-electron chi connectivity index (χ3n) is 1.33. The first kappa shape index (κ1) is 8.18. The number of hydrogen-bond donors (Lipinski definition) is 1. The lowest BCUT2D eigenvalue weighted by atomic mass is 10.2. The van der Waals surface area contributed by atoms with E-state index < -0.39 is 0 Å². The predicted molar refractivity (Wildman–Crippen MR) is 44.0 cm³/mol. The Hall–Kier alpha value is -0.920. The average molecular weight is 167 g/mol. The van der Waals surface area contributed by atoms with Crippen LogP contribution < -0.4 is 5.73 Å². The fraction of sp³-hybridized carbons (Fsp3) is 0.429. The molecule has 0 fully saturated rings. The monoisotopic (exact) mass is 167 g/mol. The Kier molecular flexibility index (Phi) is 2.58. The van der Waals surface area contributed by atoms with Gasteiger partial charge in [-0.25, -0.2) is 4.98 Å². The highest BCUT2D eigenvalue weighted by Crippen LogP contribution is 2.15. The van der Waals surface area contributed by atoms with Gasteiger partial charge in [0.2, 0.25) is 0 Å². The molecule has 58 valence electrons. The van der Waals surface area contributed by atoms with Crippen LogP contribution in [0.25, 0.3) is 0 Å². The van der Waals surface area contributed by atoms with Crippen LogP contribution in [0.4, 0.5) is 0 Å². The van der Waals surface area contributed by atoms with E-state index in [9.17, 15) is 0 Å². The Morgan fingerprint density at radius 2 is 2.64 bits per heavy atom. The van der Waals surface area contributed by atoms with Crippen molar-refractivity contribution in [3.8, 4) is 6.07 Å². The smallest absolute Gasteiger partial charge is 0.0898 e. The zero-order valence-electron chi connectivity index (χ0n) is 6.24. The third-order valence-corrected chi connectivity index (χ3v) is 2.12. The normalized spacial score (nSPS) is 12.5. The van der Waals surface area contributed by atoms with Gasteiger partial charge in [0.05, 0.1) is 29.2 Å². The van der Waals surface area contributed by atoms with E-state index in [1.807, 2.05) is 18.4 Å². The molecule has 0 saturated heterocycles. The van der Waals surface area contributed by atoms with E-state index in [2.05, 4.69) is 4.98 Å². The Labute approximate surface area is 69.5 Å². The zero-order valence-corrected chi connectivity index (χ0v) is 7.06. The van der Waals surface area contributed by atoms with Gasteiger partial charge in [-0.3, -0.25) is 0 Å². The minimum absolute atomic E-state index is 0.218. The summed E-state index contributed by atoms with van der Waals surface area (Å²) >= 11 is 1.56. The van der Waals surface area contributed by atoms with Crippen LogP contribution >= 0.6 is 11.3 Å². The molecule has 2 N–H and O–H groups in total. The van der Waals surface area contributed by atoms with Gasteiger partial charge in [0, 0.05) is 5.38 Å². The molecule has 0 unspecified atom stereocenters. The summed E-state index contributed by atoms with van der Waals surface area (Å²) in [7, 11) is 0. The molecule has 0 aromatic carbocycles. The predicted octanol–water partition coefficient (Wildman–Crippen LogP) is 1.37. The van der Waals surface area contributed by atoms with Crippen LogP contribution in [0.1, 0.15) is 23.2 Å². The van der Waals surface area contributed by atoms with E-state index in [0.717, 1.165) is 10.7 Å². The molecule has 1 rings (SSSR count). The molecular formula is C7H9N3S. The molecule has 0 radical (unpaired) electrons. The molecule has 0 bridgehead atoms.